The molecule has 1 saturated heterocycles. The summed E-state index contributed by atoms with van der Waals surface area (Å²) in [5.74, 6) is -0.993. The molecule has 1 aliphatic carbocycles. The number of carbonyl (C=O) groups is 2. The maximum Gasteiger partial charge on any atom is 0.270 e. The summed E-state index contributed by atoms with van der Waals surface area (Å²) >= 11 is 12.1. The molecule has 1 aromatic carbocycles. The van der Waals surface area contributed by atoms with Crippen molar-refractivity contribution in [2.45, 2.75) is 25.3 Å². The largest absolute Gasteiger partial charge is 0.496 e. The van der Waals surface area contributed by atoms with Crippen LogP contribution in [0.2, 0.25) is 10.2 Å². The molecular formula is C21H22Cl2FN3O3. The van der Waals surface area contributed by atoms with Crippen LogP contribution in [0.5, 0.6) is 5.75 Å². The molecule has 1 aromatic heterocycles. The predicted molar refractivity (Wildman–Crippen MR) is 112 cm³/mol. The normalized spacial score (nSPS) is 22.8. The van der Waals surface area contributed by atoms with Crippen molar-refractivity contribution in [3.05, 3.63) is 51.5 Å². The molecule has 30 heavy (non-hydrogen) atoms. The van der Waals surface area contributed by atoms with Gasteiger partial charge < -0.3 is 19.5 Å². The average molecular weight is 454 g/mol. The molecule has 1 aliphatic heterocycles. The summed E-state index contributed by atoms with van der Waals surface area (Å²) in [5, 5.41) is 3.58. The highest BCUT2D eigenvalue weighted by Crippen LogP contribution is 2.48. The molecule has 4 rings (SSSR count). The van der Waals surface area contributed by atoms with Crippen LogP contribution in [-0.4, -0.2) is 47.5 Å². The Morgan fingerprint density at radius 1 is 1.30 bits per heavy atom. The van der Waals surface area contributed by atoms with E-state index in [0.29, 0.717) is 29.0 Å². The van der Waals surface area contributed by atoms with Gasteiger partial charge in [0.25, 0.3) is 11.8 Å². The Kier molecular flexibility index (Phi) is 5.45. The third kappa shape index (κ3) is 3.54. The highest BCUT2D eigenvalue weighted by atomic mass is 35.5. The van der Waals surface area contributed by atoms with Gasteiger partial charge in [-0.05, 0) is 42.9 Å². The van der Waals surface area contributed by atoms with Crippen molar-refractivity contribution >= 4 is 35.0 Å². The number of methoxy groups -OCH3 is 1. The van der Waals surface area contributed by atoms with Gasteiger partial charge in [-0.3, -0.25) is 9.59 Å². The van der Waals surface area contributed by atoms with Gasteiger partial charge in [0.1, 0.15) is 28.0 Å². The monoisotopic (exact) mass is 453 g/mol. The molecular weight excluding hydrogens is 432 g/mol. The number of ether oxygens (including phenoxy) is 1. The quantitative estimate of drug-likeness (QED) is 0.763. The number of rotatable bonds is 4. The van der Waals surface area contributed by atoms with E-state index in [-0.39, 0.29) is 28.7 Å². The molecule has 6 nitrogen and oxygen atoms in total. The minimum Gasteiger partial charge on any atom is -0.496 e. The minimum absolute atomic E-state index is 0.0221. The Balaban J connectivity index is 1.37. The lowest BCUT2D eigenvalue weighted by molar-refractivity contribution is 0.0602. The second kappa shape index (κ2) is 7.78. The zero-order valence-electron chi connectivity index (χ0n) is 16.7. The SMILES string of the molecule is COc1cccc(F)c1C(=O)NC1CC2(CCN(C(=O)c3cc(Cl)c(Cl)n3C)C2)C1. The number of halogens is 3. The number of aromatic nitrogens is 1. The summed E-state index contributed by atoms with van der Waals surface area (Å²) in [4.78, 5) is 27.2. The van der Waals surface area contributed by atoms with E-state index in [1.54, 1.807) is 28.6 Å². The van der Waals surface area contributed by atoms with Crippen LogP contribution in [0.15, 0.2) is 24.3 Å². The number of nitrogens with one attached hydrogen (secondary N) is 1. The molecule has 0 atom stereocenters. The van der Waals surface area contributed by atoms with Gasteiger partial charge in [0.05, 0.1) is 12.1 Å². The van der Waals surface area contributed by atoms with Crippen molar-refractivity contribution in [2.24, 2.45) is 12.5 Å². The van der Waals surface area contributed by atoms with E-state index in [9.17, 15) is 14.0 Å². The zero-order chi connectivity index (χ0) is 21.6. The second-order valence-corrected chi connectivity index (χ2v) is 8.86. The van der Waals surface area contributed by atoms with Gasteiger partial charge in [0.2, 0.25) is 0 Å². The molecule has 1 saturated carbocycles. The smallest absolute Gasteiger partial charge is 0.270 e. The maximum atomic E-state index is 14.1. The number of benzene rings is 1. The molecule has 2 aromatic rings. The van der Waals surface area contributed by atoms with Crippen LogP contribution < -0.4 is 10.1 Å². The van der Waals surface area contributed by atoms with Crippen molar-refractivity contribution in [3.63, 3.8) is 0 Å². The van der Waals surface area contributed by atoms with Gasteiger partial charge in [0.15, 0.2) is 0 Å². The zero-order valence-corrected chi connectivity index (χ0v) is 18.2. The summed E-state index contributed by atoms with van der Waals surface area (Å²) < 4.78 is 20.8. The van der Waals surface area contributed by atoms with Gasteiger partial charge in [-0.15, -0.1) is 0 Å². The molecule has 2 aliphatic rings. The van der Waals surface area contributed by atoms with Crippen molar-refractivity contribution in [1.29, 1.82) is 0 Å². The van der Waals surface area contributed by atoms with E-state index in [4.69, 9.17) is 27.9 Å². The molecule has 1 N–H and O–H groups in total. The summed E-state index contributed by atoms with van der Waals surface area (Å²) in [6.45, 7) is 1.25. The van der Waals surface area contributed by atoms with Gasteiger partial charge in [-0.25, -0.2) is 4.39 Å². The van der Waals surface area contributed by atoms with Gasteiger partial charge in [0, 0.05) is 26.2 Å². The van der Waals surface area contributed by atoms with Crippen LogP contribution >= 0.6 is 23.2 Å². The fourth-order valence-corrected chi connectivity index (χ4v) is 4.97. The minimum atomic E-state index is -0.613. The summed E-state index contributed by atoms with van der Waals surface area (Å²) in [5.41, 5.74) is 0.352. The maximum absolute atomic E-state index is 14.1. The predicted octanol–water partition coefficient (Wildman–Crippen LogP) is 3.90. The fraction of sp³-hybridized carbons (Fsp3) is 0.429. The molecule has 2 amide bonds. The molecule has 2 fully saturated rings. The molecule has 9 heteroatoms. The molecule has 0 radical (unpaired) electrons. The fourth-order valence-electron chi connectivity index (χ4n) is 4.59. The van der Waals surface area contributed by atoms with E-state index in [0.717, 1.165) is 19.3 Å². The highest BCUT2D eigenvalue weighted by Gasteiger charge is 2.50. The third-order valence-electron chi connectivity index (χ3n) is 6.18. The average Bonchev–Trinajstić information content (AvgIpc) is 3.24. The van der Waals surface area contributed by atoms with Crippen molar-refractivity contribution < 1.29 is 18.7 Å². The van der Waals surface area contributed by atoms with Crippen molar-refractivity contribution in [2.75, 3.05) is 20.2 Å². The number of nitrogens with zero attached hydrogens (tertiary/aromatic N) is 2. The van der Waals surface area contributed by atoms with Crippen LogP contribution in [0.4, 0.5) is 4.39 Å². The van der Waals surface area contributed by atoms with Crippen LogP contribution in [-0.2, 0) is 7.05 Å². The highest BCUT2D eigenvalue weighted by molar-refractivity contribution is 6.41. The Morgan fingerprint density at radius 3 is 2.67 bits per heavy atom. The first-order chi connectivity index (χ1) is 14.2. The lowest BCUT2D eigenvalue weighted by Crippen LogP contribution is -2.52. The van der Waals surface area contributed by atoms with Gasteiger partial charge in [-0.1, -0.05) is 29.3 Å². The Bertz CT molecular complexity index is 1020. The lowest BCUT2D eigenvalue weighted by atomic mass is 9.65. The number of amides is 2. The van der Waals surface area contributed by atoms with Crippen LogP contribution in [0.1, 0.15) is 40.1 Å². The van der Waals surface area contributed by atoms with Gasteiger partial charge >= 0.3 is 0 Å². The van der Waals surface area contributed by atoms with E-state index in [2.05, 4.69) is 5.32 Å². The second-order valence-electron chi connectivity index (χ2n) is 8.10. The summed E-state index contributed by atoms with van der Waals surface area (Å²) in [6, 6.07) is 5.82. The van der Waals surface area contributed by atoms with E-state index in [1.807, 2.05) is 0 Å². The Hall–Kier alpha value is -2.25. The molecule has 2 heterocycles. The number of carbonyl (C=O) groups excluding carboxylic acids is 2. The standard InChI is InChI=1S/C21H22Cl2FN3O3/c1-26-15(8-13(22)18(26)23)20(29)27-7-6-21(11-27)9-12(10-21)25-19(28)17-14(24)4-3-5-16(17)30-2/h3-5,8,12H,6-7,9-11H2,1-2H3,(H,25,28). The first-order valence-corrected chi connectivity index (χ1v) is 10.4. The summed E-state index contributed by atoms with van der Waals surface area (Å²) in [7, 11) is 3.11. The first-order valence-electron chi connectivity index (χ1n) is 9.68. The van der Waals surface area contributed by atoms with E-state index >= 15 is 0 Å². The summed E-state index contributed by atoms with van der Waals surface area (Å²) in [6.07, 6.45) is 2.35. The number of likely N-dealkylation sites (tertiary alicyclic amines) is 1. The topological polar surface area (TPSA) is 63.6 Å². The first kappa shape index (κ1) is 21.0. The molecule has 0 bridgehead atoms. The van der Waals surface area contributed by atoms with Crippen LogP contribution in [0.3, 0.4) is 0 Å². The third-order valence-corrected chi connectivity index (χ3v) is 7.02. The molecule has 1 spiro atoms. The lowest BCUT2D eigenvalue weighted by Gasteiger charge is -2.45. The van der Waals surface area contributed by atoms with Crippen LogP contribution in [0.25, 0.3) is 0 Å². The molecule has 0 unspecified atom stereocenters. The van der Waals surface area contributed by atoms with E-state index in [1.165, 1.54) is 19.2 Å². The number of hydrogen-bond acceptors (Lipinski definition) is 3. The van der Waals surface area contributed by atoms with Crippen molar-refractivity contribution in [1.82, 2.24) is 14.8 Å². The van der Waals surface area contributed by atoms with E-state index < -0.39 is 11.7 Å². The molecule has 160 valence electrons. The number of hydrogen-bond donors (Lipinski definition) is 1. The Labute approximate surface area is 183 Å². The van der Waals surface area contributed by atoms with Crippen molar-refractivity contribution in [3.8, 4) is 5.75 Å². The van der Waals surface area contributed by atoms with Gasteiger partial charge in [-0.2, -0.15) is 0 Å². The Morgan fingerprint density at radius 2 is 2.03 bits per heavy atom. The van der Waals surface area contributed by atoms with Crippen LogP contribution in [0, 0.1) is 11.2 Å².